The fourth-order valence-corrected chi connectivity index (χ4v) is 22.2. The molecule has 2 aromatic carbocycles. The summed E-state index contributed by atoms with van der Waals surface area (Å²) >= 11 is 4.07. The number of nitrogens with zero attached hydrogens (tertiary/aromatic N) is 1. The van der Waals surface area contributed by atoms with E-state index in [1.807, 2.05) is 0 Å². The van der Waals surface area contributed by atoms with Crippen molar-refractivity contribution in [3.05, 3.63) is 58.1 Å². The van der Waals surface area contributed by atoms with Gasteiger partial charge in [0, 0.05) is 0 Å². The first kappa shape index (κ1) is 27.9. The third kappa shape index (κ3) is 6.73. The predicted octanol–water partition coefficient (Wildman–Crippen LogP) is 8.02. The van der Waals surface area contributed by atoms with Crippen LogP contribution < -0.4 is 8.32 Å². The molecule has 0 fully saturated rings. The zero-order valence-corrected chi connectivity index (χ0v) is 25.9. The zero-order chi connectivity index (χ0) is 24.6. The number of unbranched alkanes of at least 4 members (excludes halogenated alkanes) is 3. The number of fused-ring (bicyclic) bond motifs is 1. The molecule has 1 heterocycles. The van der Waals surface area contributed by atoms with Crippen LogP contribution in [0.3, 0.4) is 0 Å². The summed E-state index contributed by atoms with van der Waals surface area (Å²) in [7, 11) is 3.99. The van der Waals surface area contributed by atoms with Crippen LogP contribution in [0.15, 0.2) is 36.4 Å². The number of halogens is 1. The summed E-state index contributed by atoms with van der Waals surface area (Å²) in [6, 6.07) is 14.3. The molecule has 1 atom stereocenters. The predicted molar refractivity (Wildman–Crippen MR) is 152 cm³/mol. The molecule has 2 aromatic rings. The van der Waals surface area contributed by atoms with Gasteiger partial charge in [-0.3, -0.25) is 0 Å². The summed E-state index contributed by atoms with van der Waals surface area (Å²) in [6.07, 6.45) is 9.20. The van der Waals surface area contributed by atoms with Gasteiger partial charge in [0.1, 0.15) is 0 Å². The Kier molecular flexibility index (Phi) is 11.1. The van der Waals surface area contributed by atoms with Crippen LogP contribution in [-0.2, 0) is 6.42 Å². The second-order valence-corrected chi connectivity index (χ2v) is 24.1. The van der Waals surface area contributed by atoms with Crippen LogP contribution in [0.4, 0.5) is 0 Å². The van der Waals surface area contributed by atoms with Gasteiger partial charge in [-0.25, -0.2) is 0 Å². The number of hydrogen-bond acceptors (Lipinski definition) is 2. The quantitative estimate of drug-likeness (QED) is 0.232. The molecule has 4 heteroatoms. The summed E-state index contributed by atoms with van der Waals surface area (Å²) < 4.78 is 12.0. The van der Waals surface area contributed by atoms with Gasteiger partial charge in [0.05, 0.1) is 0 Å². The van der Waals surface area contributed by atoms with E-state index in [9.17, 15) is 0 Å². The summed E-state index contributed by atoms with van der Waals surface area (Å²) in [5.41, 5.74) is 4.27. The van der Waals surface area contributed by atoms with Crippen LogP contribution in [-0.4, -0.2) is 50.5 Å². The maximum absolute atomic E-state index is 6.55. The molecule has 0 radical (unpaired) electrons. The van der Waals surface area contributed by atoms with Gasteiger partial charge in [-0.2, -0.15) is 0 Å². The molecule has 188 valence electrons. The average molecular weight is 591 g/mol. The van der Waals surface area contributed by atoms with Crippen LogP contribution in [0.2, 0.25) is 18.3 Å². The summed E-state index contributed by atoms with van der Waals surface area (Å²) in [5, 5.41) is 0.729. The number of likely N-dealkylation sites (N-methyl/N-ethyl adjacent to an activating group) is 1. The van der Waals surface area contributed by atoms with Crippen LogP contribution in [0.25, 0.3) is 0 Å². The third-order valence-electron chi connectivity index (χ3n) is 7.97. The van der Waals surface area contributed by atoms with Crippen molar-refractivity contribution in [2.45, 2.75) is 84.9 Å². The van der Waals surface area contributed by atoms with Gasteiger partial charge in [-0.15, -0.1) is 0 Å². The molecule has 0 amide bonds. The molecule has 0 N–H and O–H groups in total. The Bertz CT molecular complexity index is 893. The Morgan fingerprint density at radius 2 is 1.62 bits per heavy atom. The molecule has 1 aliphatic rings. The second kappa shape index (κ2) is 13.6. The third-order valence-corrected chi connectivity index (χ3v) is 23.9. The van der Waals surface area contributed by atoms with Crippen molar-refractivity contribution in [3.63, 3.8) is 0 Å². The van der Waals surface area contributed by atoms with E-state index in [1.165, 1.54) is 68.5 Å². The molecular formula is C30H46ClNOSn. The average Bonchev–Trinajstić information content (AvgIpc) is 3.01. The molecule has 0 aliphatic carbocycles. The van der Waals surface area contributed by atoms with E-state index >= 15 is 0 Å². The van der Waals surface area contributed by atoms with Crippen molar-refractivity contribution in [3.8, 4) is 5.75 Å². The first-order chi connectivity index (χ1) is 16.5. The first-order valence-corrected chi connectivity index (χ1v) is 21.5. The molecule has 1 unspecified atom stereocenters. The normalized spacial score (nSPS) is 16.8. The van der Waals surface area contributed by atoms with Crippen LogP contribution >= 0.6 is 11.6 Å². The van der Waals surface area contributed by atoms with E-state index < -0.39 is 18.4 Å². The topological polar surface area (TPSA) is 12.5 Å². The van der Waals surface area contributed by atoms with E-state index in [1.54, 1.807) is 10.7 Å². The van der Waals surface area contributed by atoms with Gasteiger partial charge in [-0.1, -0.05) is 0 Å². The van der Waals surface area contributed by atoms with Crippen molar-refractivity contribution < 1.29 is 4.74 Å². The zero-order valence-electron chi connectivity index (χ0n) is 22.3. The molecule has 2 nitrogen and oxygen atoms in total. The monoisotopic (exact) mass is 591 g/mol. The number of benzene rings is 2. The van der Waals surface area contributed by atoms with E-state index in [-0.39, 0.29) is 0 Å². The van der Waals surface area contributed by atoms with Gasteiger partial charge in [0.15, 0.2) is 0 Å². The maximum atomic E-state index is 6.55. The summed E-state index contributed by atoms with van der Waals surface area (Å²) in [4.78, 5) is 2.49. The fourth-order valence-electron chi connectivity index (χ4n) is 5.84. The van der Waals surface area contributed by atoms with Gasteiger partial charge >= 0.3 is 219 Å². The van der Waals surface area contributed by atoms with E-state index in [4.69, 9.17) is 16.3 Å². The molecule has 0 bridgehead atoms. The van der Waals surface area contributed by atoms with E-state index in [2.05, 4.69) is 69.1 Å². The first-order valence-electron chi connectivity index (χ1n) is 13.6. The number of rotatable bonds is 12. The summed E-state index contributed by atoms with van der Waals surface area (Å²) in [5.74, 6) is 1.16. The Labute approximate surface area is 218 Å². The Morgan fingerprint density at radius 1 is 0.971 bits per heavy atom. The molecule has 0 aromatic heterocycles. The molecular weight excluding hydrogens is 545 g/mol. The number of ether oxygens (including phenoxy) is 1. The molecule has 3 rings (SSSR count). The van der Waals surface area contributed by atoms with Crippen molar-refractivity contribution in [2.24, 2.45) is 0 Å². The van der Waals surface area contributed by atoms with Gasteiger partial charge in [-0.05, 0) is 0 Å². The van der Waals surface area contributed by atoms with Crippen LogP contribution in [0.5, 0.6) is 5.75 Å². The van der Waals surface area contributed by atoms with E-state index in [0.717, 1.165) is 30.3 Å². The van der Waals surface area contributed by atoms with Gasteiger partial charge < -0.3 is 0 Å². The van der Waals surface area contributed by atoms with Crippen LogP contribution in [0.1, 0.15) is 81.9 Å². The SMILES string of the molecule is CCC[CH2][Sn]([CH2]CCC)([CH2]CCC)[c]1cccc(C2CN(C)CCc3cc(Cl)c(OC)cc32)c1. The molecule has 0 saturated carbocycles. The van der Waals surface area contributed by atoms with Gasteiger partial charge in [0.25, 0.3) is 0 Å². The van der Waals surface area contributed by atoms with Crippen molar-refractivity contribution >= 4 is 33.6 Å². The van der Waals surface area contributed by atoms with Crippen molar-refractivity contribution in [1.29, 1.82) is 0 Å². The van der Waals surface area contributed by atoms with Crippen LogP contribution in [0, 0.1) is 0 Å². The van der Waals surface area contributed by atoms with Crippen molar-refractivity contribution in [2.75, 3.05) is 27.2 Å². The number of hydrogen-bond donors (Lipinski definition) is 0. The standard InChI is InChI=1S/C18H19ClNO.3C4H9.Sn/c1-20-9-8-14-10-17(19)18(21-2)11-15(14)16(12-20)13-6-4-3-5-7-13;3*1-3-4-2;/h3-4,6-7,10-11,16H,8-9,12H2,1-2H3;3*1,3-4H2,2H3;. The minimum absolute atomic E-state index is 0.362. The number of methoxy groups -OCH3 is 1. The van der Waals surface area contributed by atoms with E-state index in [0.29, 0.717) is 5.92 Å². The molecule has 0 saturated heterocycles. The Hall–Kier alpha value is -0.711. The fraction of sp³-hybridized carbons (Fsp3) is 0.600. The molecule has 1 aliphatic heterocycles. The summed E-state index contributed by atoms with van der Waals surface area (Å²) in [6.45, 7) is 9.21. The Morgan fingerprint density at radius 3 is 2.21 bits per heavy atom. The molecule has 34 heavy (non-hydrogen) atoms. The second-order valence-electron chi connectivity index (χ2n) is 10.5. The minimum atomic E-state index is -2.48. The van der Waals surface area contributed by atoms with Crippen molar-refractivity contribution in [1.82, 2.24) is 4.90 Å². The molecule has 0 spiro atoms. The van der Waals surface area contributed by atoms with Gasteiger partial charge in [0.2, 0.25) is 0 Å². The Balaban J connectivity index is 2.08.